The number of benzene rings is 1. The van der Waals surface area contributed by atoms with E-state index in [1.807, 2.05) is 0 Å². The first-order chi connectivity index (χ1) is 8.86. The van der Waals surface area contributed by atoms with Gasteiger partial charge in [0.2, 0.25) is 0 Å². The summed E-state index contributed by atoms with van der Waals surface area (Å²) in [4.78, 5) is 3.52. The van der Waals surface area contributed by atoms with Crippen molar-refractivity contribution in [1.82, 2.24) is 0 Å². The number of thioether (sulfide) groups is 1. The van der Waals surface area contributed by atoms with Crippen molar-refractivity contribution in [2.24, 2.45) is 0 Å². The van der Waals surface area contributed by atoms with E-state index in [0.717, 1.165) is 35.0 Å². The molecule has 18 heavy (non-hydrogen) atoms. The third-order valence-corrected chi connectivity index (χ3v) is 4.30. The van der Waals surface area contributed by atoms with Crippen LogP contribution in [0.4, 0.5) is 5.69 Å². The van der Waals surface area contributed by atoms with Crippen LogP contribution in [0, 0.1) is 11.3 Å². The Morgan fingerprint density at radius 1 is 1.22 bits per heavy atom. The molecule has 0 amide bonds. The summed E-state index contributed by atoms with van der Waals surface area (Å²) in [6.07, 6.45) is 5.13. The molecule has 3 heteroatoms. The molecule has 1 aliphatic rings. The standard InChI is InChI=1S/C15H20N2S/c1-2-18-15-9-7-8-14(13(15)12-16)17-10-5-3-4-6-11-17/h7-9H,2-6,10-11H2,1H3. The third-order valence-electron chi connectivity index (χ3n) is 3.36. The molecule has 0 atom stereocenters. The van der Waals surface area contributed by atoms with Gasteiger partial charge in [-0.2, -0.15) is 5.26 Å². The lowest BCUT2D eigenvalue weighted by Gasteiger charge is -2.24. The topological polar surface area (TPSA) is 27.0 Å². The molecule has 96 valence electrons. The summed E-state index contributed by atoms with van der Waals surface area (Å²) in [5.74, 6) is 1.01. The number of hydrogen-bond donors (Lipinski definition) is 0. The first-order valence-electron chi connectivity index (χ1n) is 6.77. The van der Waals surface area contributed by atoms with Gasteiger partial charge in [-0.25, -0.2) is 0 Å². The maximum absolute atomic E-state index is 9.44. The maximum Gasteiger partial charge on any atom is 0.103 e. The van der Waals surface area contributed by atoms with Crippen LogP contribution < -0.4 is 4.90 Å². The van der Waals surface area contributed by atoms with Gasteiger partial charge in [0, 0.05) is 18.0 Å². The Morgan fingerprint density at radius 2 is 1.94 bits per heavy atom. The third kappa shape index (κ3) is 3.00. The van der Waals surface area contributed by atoms with Crippen molar-refractivity contribution >= 4 is 17.4 Å². The zero-order chi connectivity index (χ0) is 12.8. The highest BCUT2D eigenvalue weighted by Gasteiger charge is 2.15. The average molecular weight is 260 g/mol. The van der Waals surface area contributed by atoms with Crippen molar-refractivity contribution in [3.63, 3.8) is 0 Å². The van der Waals surface area contributed by atoms with Crippen LogP contribution in [0.2, 0.25) is 0 Å². The average Bonchev–Trinajstić information content (AvgIpc) is 2.67. The summed E-state index contributed by atoms with van der Waals surface area (Å²) in [5.41, 5.74) is 2.00. The number of hydrogen-bond acceptors (Lipinski definition) is 3. The van der Waals surface area contributed by atoms with E-state index in [2.05, 4.69) is 36.1 Å². The van der Waals surface area contributed by atoms with Crippen LogP contribution in [0.5, 0.6) is 0 Å². The lowest BCUT2D eigenvalue weighted by Crippen LogP contribution is -2.24. The van der Waals surface area contributed by atoms with Gasteiger partial charge >= 0.3 is 0 Å². The molecule has 1 fully saturated rings. The molecule has 0 radical (unpaired) electrons. The van der Waals surface area contributed by atoms with Crippen molar-refractivity contribution in [3.05, 3.63) is 23.8 Å². The zero-order valence-corrected chi connectivity index (χ0v) is 11.8. The molecule has 0 unspecified atom stereocenters. The molecule has 1 aliphatic heterocycles. The molecule has 2 rings (SSSR count). The maximum atomic E-state index is 9.44. The molecule has 0 spiro atoms. The Morgan fingerprint density at radius 3 is 2.56 bits per heavy atom. The Kier molecular flexibility index (Phi) is 4.95. The van der Waals surface area contributed by atoms with E-state index in [1.54, 1.807) is 11.8 Å². The Bertz CT molecular complexity index is 429. The number of rotatable bonds is 3. The summed E-state index contributed by atoms with van der Waals surface area (Å²) in [7, 11) is 0. The van der Waals surface area contributed by atoms with Crippen LogP contribution in [-0.2, 0) is 0 Å². The largest absolute Gasteiger partial charge is 0.370 e. The number of nitriles is 1. The smallest absolute Gasteiger partial charge is 0.103 e. The van der Waals surface area contributed by atoms with Crippen LogP contribution in [0.15, 0.2) is 23.1 Å². The summed E-state index contributed by atoms with van der Waals surface area (Å²) < 4.78 is 0. The van der Waals surface area contributed by atoms with Crippen molar-refractivity contribution in [1.29, 1.82) is 5.26 Å². The van der Waals surface area contributed by atoms with Gasteiger partial charge < -0.3 is 4.90 Å². The van der Waals surface area contributed by atoms with E-state index >= 15 is 0 Å². The molecule has 1 saturated heterocycles. The van der Waals surface area contributed by atoms with Crippen LogP contribution in [0.25, 0.3) is 0 Å². The van der Waals surface area contributed by atoms with Gasteiger partial charge in [0.05, 0.1) is 11.3 Å². The molecule has 0 bridgehead atoms. The highest BCUT2D eigenvalue weighted by Crippen LogP contribution is 2.31. The minimum atomic E-state index is 0.867. The Hall–Kier alpha value is -1.14. The van der Waals surface area contributed by atoms with Gasteiger partial charge in [-0.3, -0.25) is 0 Å². The SMILES string of the molecule is CCSc1cccc(N2CCCCCC2)c1C#N. The predicted molar refractivity (Wildman–Crippen MR) is 78.2 cm³/mol. The van der Waals surface area contributed by atoms with Gasteiger partial charge in [0.25, 0.3) is 0 Å². The van der Waals surface area contributed by atoms with Crippen molar-refractivity contribution in [3.8, 4) is 6.07 Å². The van der Waals surface area contributed by atoms with Crippen LogP contribution in [0.3, 0.4) is 0 Å². The Balaban J connectivity index is 2.31. The molecule has 0 aromatic heterocycles. The van der Waals surface area contributed by atoms with E-state index in [0.29, 0.717) is 0 Å². The fourth-order valence-corrected chi connectivity index (χ4v) is 3.26. The molecule has 2 nitrogen and oxygen atoms in total. The molecule has 1 heterocycles. The summed E-state index contributed by atoms with van der Waals surface area (Å²) in [5, 5.41) is 9.44. The lowest BCUT2D eigenvalue weighted by atomic mass is 10.1. The van der Waals surface area contributed by atoms with E-state index < -0.39 is 0 Å². The molecule has 0 aliphatic carbocycles. The zero-order valence-electron chi connectivity index (χ0n) is 11.0. The second kappa shape index (κ2) is 6.70. The van der Waals surface area contributed by atoms with Gasteiger partial charge in [-0.1, -0.05) is 25.8 Å². The molecule has 0 N–H and O–H groups in total. The van der Waals surface area contributed by atoms with E-state index in [-0.39, 0.29) is 0 Å². The minimum Gasteiger partial charge on any atom is -0.370 e. The number of anilines is 1. The quantitative estimate of drug-likeness (QED) is 0.767. The molecule has 1 aromatic rings. The van der Waals surface area contributed by atoms with Crippen LogP contribution in [0.1, 0.15) is 38.2 Å². The normalized spacial score (nSPS) is 16.1. The van der Waals surface area contributed by atoms with Crippen molar-refractivity contribution < 1.29 is 0 Å². The monoisotopic (exact) mass is 260 g/mol. The van der Waals surface area contributed by atoms with Crippen molar-refractivity contribution in [2.75, 3.05) is 23.7 Å². The molecule has 1 aromatic carbocycles. The highest BCUT2D eigenvalue weighted by molar-refractivity contribution is 7.99. The predicted octanol–water partition coefficient (Wildman–Crippen LogP) is 4.05. The van der Waals surface area contributed by atoms with E-state index in [9.17, 15) is 5.26 Å². The summed E-state index contributed by atoms with van der Waals surface area (Å²) in [6.45, 7) is 4.31. The van der Waals surface area contributed by atoms with Crippen molar-refractivity contribution in [2.45, 2.75) is 37.5 Å². The Labute approximate surface area is 114 Å². The fraction of sp³-hybridized carbons (Fsp3) is 0.533. The fourth-order valence-electron chi connectivity index (χ4n) is 2.48. The molecular formula is C15H20N2S. The van der Waals surface area contributed by atoms with E-state index in [1.165, 1.54) is 25.7 Å². The molecular weight excluding hydrogens is 240 g/mol. The summed E-state index contributed by atoms with van der Waals surface area (Å²) >= 11 is 1.76. The number of nitrogens with zero attached hydrogens (tertiary/aromatic N) is 2. The molecule has 0 saturated carbocycles. The summed E-state index contributed by atoms with van der Waals surface area (Å²) in [6, 6.07) is 8.65. The van der Waals surface area contributed by atoms with Gasteiger partial charge in [0.1, 0.15) is 6.07 Å². The second-order valence-corrected chi connectivity index (χ2v) is 5.90. The first kappa shape index (κ1) is 13.3. The van der Waals surface area contributed by atoms with Gasteiger partial charge in [-0.05, 0) is 30.7 Å². The first-order valence-corrected chi connectivity index (χ1v) is 7.76. The minimum absolute atomic E-state index is 0.867. The van der Waals surface area contributed by atoms with E-state index in [4.69, 9.17) is 0 Å². The lowest BCUT2D eigenvalue weighted by molar-refractivity contribution is 0.726. The van der Waals surface area contributed by atoms with Crippen LogP contribution >= 0.6 is 11.8 Å². The van der Waals surface area contributed by atoms with Crippen LogP contribution in [-0.4, -0.2) is 18.8 Å². The highest BCUT2D eigenvalue weighted by atomic mass is 32.2. The van der Waals surface area contributed by atoms with Gasteiger partial charge in [0.15, 0.2) is 0 Å². The van der Waals surface area contributed by atoms with Gasteiger partial charge in [-0.15, -0.1) is 11.8 Å². The second-order valence-electron chi connectivity index (χ2n) is 4.60.